The maximum Gasteiger partial charge on any atom is 0.257 e. The van der Waals surface area contributed by atoms with E-state index in [9.17, 15) is 9.59 Å². The molecule has 0 aromatic heterocycles. The van der Waals surface area contributed by atoms with Gasteiger partial charge in [-0.1, -0.05) is 0 Å². The third-order valence-corrected chi connectivity index (χ3v) is 6.75. The van der Waals surface area contributed by atoms with Crippen LogP contribution in [-0.4, -0.2) is 32.0 Å². The summed E-state index contributed by atoms with van der Waals surface area (Å²) in [6.45, 7) is 2.24. The maximum absolute atomic E-state index is 12.4. The zero-order valence-corrected chi connectivity index (χ0v) is 16.3. The molecule has 0 saturated heterocycles. The summed E-state index contributed by atoms with van der Waals surface area (Å²) in [6, 6.07) is 5.01. The molecule has 146 valence electrons. The van der Waals surface area contributed by atoms with Crippen molar-refractivity contribution >= 4 is 11.7 Å². The van der Waals surface area contributed by atoms with Crippen LogP contribution in [0.2, 0.25) is 0 Å². The van der Waals surface area contributed by atoms with Gasteiger partial charge in [0.2, 0.25) is 0 Å². The lowest BCUT2D eigenvalue weighted by molar-refractivity contribution is -0.125. The summed E-state index contributed by atoms with van der Waals surface area (Å²) in [4.78, 5) is 23.8. The highest BCUT2D eigenvalue weighted by Gasteiger charge is 2.50. The number of hydrogen-bond acceptors (Lipinski definition) is 4. The molecule has 4 saturated carbocycles. The van der Waals surface area contributed by atoms with E-state index in [0.29, 0.717) is 22.5 Å². The minimum Gasteiger partial charge on any atom is -0.493 e. The molecular formula is C22H29NO4. The van der Waals surface area contributed by atoms with Crippen LogP contribution in [-0.2, 0) is 4.79 Å². The number of carbonyl (C=O) groups excluding carboxylic acids is 2. The van der Waals surface area contributed by atoms with Crippen molar-refractivity contribution in [2.45, 2.75) is 45.4 Å². The Hall–Kier alpha value is -2.04. The fourth-order valence-electron chi connectivity index (χ4n) is 5.99. The van der Waals surface area contributed by atoms with E-state index in [2.05, 4.69) is 5.32 Å². The number of ketones is 1. The Morgan fingerprint density at radius 1 is 1.07 bits per heavy atom. The summed E-state index contributed by atoms with van der Waals surface area (Å²) in [7, 11) is 1.53. The second kappa shape index (κ2) is 7.17. The standard InChI is InChI=1S/C22H29NO4/c1-14(24)18-3-4-19(20(8-18)26-2)27-12-21(25)23-13-22-9-15-5-16(10-22)7-17(6-15)11-22/h3-4,8,15-17H,5-7,9-13H2,1-2H3,(H,23,25). The van der Waals surface area contributed by atoms with E-state index in [0.717, 1.165) is 24.3 Å². The van der Waals surface area contributed by atoms with Gasteiger partial charge in [-0.2, -0.15) is 0 Å². The predicted octanol–water partition coefficient (Wildman–Crippen LogP) is 3.61. The van der Waals surface area contributed by atoms with E-state index in [1.807, 2.05) is 0 Å². The van der Waals surface area contributed by atoms with Crippen molar-refractivity contribution < 1.29 is 19.1 Å². The molecule has 0 radical (unpaired) electrons. The zero-order valence-electron chi connectivity index (χ0n) is 16.3. The Kier molecular flexibility index (Phi) is 4.87. The molecule has 1 N–H and O–H groups in total. The van der Waals surface area contributed by atoms with Gasteiger partial charge >= 0.3 is 0 Å². The van der Waals surface area contributed by atoms with Gasteiger partial charge in [0, 0.05) is 12.1 Å². The van der Waals surface area contributed by atoms with Crippen LogP contribution in [0.1, 0.15) is 55.8 Å². The highest BCUT2D eigenvalue weighted by Crippen LogP contribution is 2.59. The third kappa shape index (κ3) is 3.83. The Bertz CT molecular complexity index is 707. The van der Waals surface area contributed by atoms with Crippen molar-refractivity contribution in [2.75, 3.05) is 20.3 Å². The molecule has 4 fully saturated rings. The van der Waals surface area contributed by atoms with Gasteiger partial charge in [-0.25, -0.2) is 0 Å². The first-order valence-corrected chi connectivity index (χ1v) is 10.0. The van der Waals surface area contributed by atoms with Crippen molar-refractivity contribution in [3.05, 3.63) is 23.8 Å². The van der Waals surface area contributed by atoms with Crippen LogP contribution in [0.3, 0.4) is 0 Å². The number of hydrogen-bond donors (Lipinski definition) is 1. The van der Waals surface area contributed by atoms with Gasteiger partial charge < -0.3 is 14.8 Å². The third-order valence-electron chi connectivity index (χ3n) is 6.75. The summed E-state index contributed by atoms with van der Waals surface area (Å²) < 4.78 is 10.9. The Labute approximate surface area is 160 Å². The highest BCUT2D eigenvalue weighted by atomic mass is 16.5. The quantitative estimate of drug-likeness (QED) is 0.744. The zero-order chi connectivity index (χ0) is 19.0. The Morgan fingerprint density at radius 2 is 1.70 bits per heavy atom. The van der Waals surface area contributed by atoms with Crippen LogP contribution in [0, 0.1) is 23.2 Å². The molecule has 5 nitrogen and oxygen atoms in total. The second-order valence-electron chi connectivity index (χ2n) is 8.90. The number of benzene rings is 1. The maximum atomic E-state index is 12.4. The van der Waals surface area contributed by atoms with Gasteiger partial charge in [-0.05, 0) is 86.8 Å². The van der Waals surface area contributed by atoms with Gasteiger partial charge in [0.15, 0.2) is 23.9 Å². The molecular weight excluding hydrogens is 342 g/mol. The molecule has 4 aliphatic rings. The molecule has 5 heteroatoms. The monoisotopic (exact) mass is 371 g/mol. The smallest absolute Gasteiger partial charge is 0.257 e. The number of carbonyl (C=O) groups is 2. The van der Waals surface area contributed by atoms with E-state index in [1.54, 1.807) is 18.2 Å². The van der Waals surface area contributed by atoms with Gasteiger partial charge in [-0.3, -0.25) is 9.59 Å². The summed E-state index contributed by atoms with van der Waals surface area (Å²) in [5.41, 5.74) is 0.885. The van der Waals surface area contributed by atoms with Gasteiger partial charge in [0.05, 0.1) is 7.11 Å². The van der Waals surface area contributed by atoms with Crippen LogP contribution in [0.15, 0.2) is 18.2 Å². The molecule has 0 aliphatic heterocycles. The van der Waals surface area contributed by atoms with E-state index >= 15 is 0 Å². The first kappa shape index (κ1) is 18.3. The van der Waals surface area contributed by atoms with E-state index in [4.69, 9.17) is 9.47 Å². The molecule has 4 aliphatic carbocycles. The highest BCUT2D eigenvalue weighted by molar-refractivity contribution is 5.94. The van der Waals surface area contributed by atoms with Crippen molar-refractivity contribution in [1.82, 2.24) is 5.32 Å². The summed E-state index contributed by atoms with van der Waals surface area (Å²) in [5.74, 6) is 3.47. The molecule has 0 unspecified atom stereocenters. The summed E-state index contributed by atoms with van der Waals surface area (Å²) in [5, 5.41) is 3.12. The van der Waals surface area contributed by atoms with Crippen molar-refractivity contribution in [3.8, 4) is 11.5 Å². The van der Waals surface area contributed by atoms with E-state index in [1.165, 1.54) is 52.6 Å². The fraction of sp³-hybridized carbons (Fsp3) is 0.636. The molecule has 1 aromatic rings. The lowest BCUT2D eigenvalue weighted by Crippen LogP contribution is -2.51. The summed E-state index contributed by atoms with van der Waals surface area (Å²) in [6.07, 6.45) is 8.06. The number of amides is 1. The number of Topliss-reactive ketones (excluding diaryl/α,β-unsaturated/α-hetero) is 1. The Morgan fingerprint density at radius 3 is 2.26 bits per heavy atom. The van der Waals surface area contributed by atoms with Gasteiger partial charge in [0.25, 0.3) is 5.91 Å². The average Bonchev–Trinajstić information content (AvgIpc) is 2.63. The van der Waals surface area contributed by atoms with Crippen LogP contribution < -0.4 is 14.8 Å². The number of rotatable bonds is 7. The average molecular weight is 371 g/mol. The lowest BCUT2D eigenvalue weighted by atomic mass is 9.49. The topological polar surface area (TPSA) is 64.6 Å². The van der Waals surface area contributed by atoms with E-state index in [-0.39, 0.29) is 18.3 Å². The van der Waals surface area contributed by atoms with Gasteiger partial charge in [0.1, 0.15) is 0 Å². The minimum absolute atomic E-state index is 0.0341. The Balaban J connectivity index is 1.31. The molecule has 0 heterocycles. The van der Waals surface area contributed by atoms with Crippen LogP contribution in [0.25, 0.3) is 0 Å². The molecule has 5 rings (SSSR count). The molecule has 0 atom stereocenters. The fourth-order valence-corrected chi connectivity index (χ4v) is 5.99. The second-order valence-corrected chi connectivity index (χ2v) is 8.90. The summed E-state index contributed by atoms with van der Waals surface area (Å²) >= 11 is 0. The lowest BCUT2D eigenvalue weighted by Gasteiger charge is -2.56. The normalized spacial score (nSPS) is 30.8. The van der Waals surface area contributed by atoms with Crippen LogP contribution in [0.5, 0.6) is 11.5 Å². The van der Waals surface area contributed by atoms with Crippen molar-refractivity contribution in [3.63, 3.8) is 0 Å². The largest absolute Gasteiger partial charge is 0.493 e. The van der Waals surface area contributed by atoms with E-state index < -0.39 is 0 Å². The SMILES string of the molecule is COc1cc(C(C)=O)ccc1OCC(=O)NCC12CC3CC(CC(C3)C1)C2. The van der Waals surface area contributed by atoms with Crippen molar-refractivity contribution in [1.29, 1.82) is 0 Å². The molecule has 0 spiro atoms. The van der Waals surface area contributed by atoms with Crippen molar-refractivity contribution in [2.24, 2.45) is 23.2 Å². The van der Waals surface area contributed by atoms with Crippen LogP contribution in [0.4, 0.5) is 0 Å². The minimum atomic E-state index is -0.0940. The number of ether oxygens (including phenoxy) is 2. The predicted molar refractivity (Wildman–Crippen MR) is 102 cm³/mol. The number of nitrogens with one attached hydrogen (secondary N) is 1. The molecule has 27 heavy (non-hydrogen) atoms. The first-order chi connectivity index (χ1) is 13.0. The number of methoxy groups -OCH3 is 1. The van der Waals surface area contributed by atoms with Gasteiger partial charge in [-0.15, -0.1) is 0 Å². The molecule has 1 aromatic carbocycles. The molecule has 4 bridgehead atoms. The van der Waals surface area contributed by atoms with Crippen LogP contribution >= 0.6 is 0 Å². The molecule has 1 amide bonds. The first-order valence-electron chi connectivity index (χ1n) is 10.0.